The molecule has 3 heterocycles. The van der Waals surface area contributed by atoms with E-state index in [9.17, 15) is 0 Å². The summed E-state index contributed by atoms with van der Waals surface area (Å²) in [7, 11) is 0. The summed E-state index contributed by atoms with van der Waals surface area (Å²) in [4.78, 5) is 2.51. The molecule has 2 unspecified atom stereocenters. The molecule has 2 aliphatic rings. The SMILES string of the molecule is Cl.c1snnc1CN1CCC2CCC(C1)N2. The molecule has 1 N–H and O–H groups in total. The Hall–Kier alpha value is -0.230. The molecule has 2 aliphatic heterocycles. The van der Waals surface area contributed by atoms with Crippen LogP contribution in [0.25, 0.3) is 0 Å². The second kappa shape index (κ2) is 5.40. The van der Waals surface area contributed by atoms with Gasteiger partial charge in [-0.1, -0.05) is 4.49 Å². The van der Waals surface area contributed by atoms with E-state index in [-0.39, 0.29) is 12.4 Å². The smallest absolute Gasteiger partial charge is 0.0895 e. The van der Waals surface area contributed by atoms with E-state index in [1.807, 2.05) is 0 Å². The molecule has 0 radical (unpaired) electrons. The first-order valence-corrected chi connectivity index (χ1v) is 6.48. The number of hydrogen-bond donors (Lipinski definition) is 1. The Balaban J connectivity index is 0.000000963. The monoisotopic (exact) mass is 260 g/mol. The molecule has 6 heteroatoms. The Morgan fingerprint density at radius 2 is 2.25 bits per heavy atom. The quantitative estimate of drug-likeness (QED) is 0.870. The van der Waals surface area contributed by atoms with E-state index >= 15 is 0 Å². The average molecular weight is 261 g/mol. The fourth-order valence-electron chi connectivity index (χ4n) is 2.64. The highest BCUT2D eigenvalue weighted by Crippen LogP contribution is 2.21. The summed E-state index contributed by atoms with van der Waals surface area (Å²) in [6.45, 7) is 3.35. The number of nitrogens with zero attached hydrogens (tertiary/aromatic N) is 3. The molecule has 1 aromatic heterocycles. The molecular weight excluding hydrogens is 244 g/mol. The van der Waals surface area contributed by atoms with Crippen molar-refractivity contribution in [2.45, 2.75) is 37.9 Å². The maximum absolute atomic E-state index is 4.11. The van der Waals surface area contributed by atoms with Crippen LogP contribution < -0.4 is 5.32 Å². The van der Waals surface area contributed by atoms with Crippen LogP contribution in [0.2, 0.25) is 0 Å². The van der Waals surface area contributed by atoms with Crippen molar-refractivity contribution in [2.75, 3.05) is 13.1 Å². The lowest BCUT2D eigenvalue weighted by molar-refractivity contribution is 0.248. The third kappa shape index (κ3) is 2.71. The van der Waals surface area contributed by atoms with Crippen molar-refractivity contribution in [3.8, 4) is 0 Å². The van der Waals surface area contributed by atoms with Gasteiger partial charge in [0.05, 0.1) is 5.69 Å². The molecule has 0 aliphatic carbocycles. The number of halogens is 1. The molecule has 0 aromatic carbocycles. The number of fused-ring (bicyclic) bond motifs is 2. The molecule has 0 saturated carbocycles. The molecule has 3 rings (SSSR count). The highest BCUT2D eigenvalue weighted by Gasteiger charge is 2.29. The summed E-state index contributed by atoms with van der Waals surface area (Å²) < 4.78 is 3.91. The van der Waals surface area contributed by atoms with Gasteiger partial charge >= 0.3 is 0 Å². The van der Waals surface area contributed by atoms with Crippen LogP contribution in [0.3, 0.4) is 0 Å². The zero-order valence-electron chi connectivity index (χ0n) is 9.13. The van der Waals surface area contributed by atoms with Gasteiger partial charge in [0.1, 0.15) is 0 Å². The van der Waals surface area contributed by atoms with Crippen molar-refractivity contribution < 1.29 is 0 Å². The van der Waals surface area contributed by atoms with Crippen molar-refractivity contribution in [1.82, 2.24) is 19.8 Å². The lowest BCUT2D eigenvalue weighted by Crippen LogP contribution is -2.35. The van der Waals surface area contributed by atoms with Crippen molar-refractivity contribution in [3.05, 3.63) is 11.1 Å². The molecule has 0 spiro atoms. The number of rotatable bonds is 2. The molecule has 2 atom stereocenters. The van der Waals surface area contributed by atoms with Crippen LogP contribution in [0.4, 0.5) is 0 Å². The fraction of sp³-hybridized carbons (Fsp3) is 0.800. The topological polar surface area (TPSA) is 41.1 Å². The van der Waals surface area contributed by atoms with Crippen LogP contribution in [0.1, 0.15) is 25.0 Å². The lowest BCUT2D eigenvalue weighted by Gasteiger charge is -2.22. The molecule has 0 amide bonds. The van der Waals surface area contributed by atoms with Gasteiger partial charge in [-0.25, -0.2) is 0 Å². The van der Waals surface area contributed by atoms with Crippen molar-refractivity contribution >= 4 is 23.9 Å². The van der Waals surface area contributed by atoms with Crippen LogP contribution >= 0.6 is 23.9 Å². The van der Waals surface area contributed by atoms with E-state index in [0.717, 1.165) is 18.3 Å². The molecular formula is C10H17ClN4S. The fourth-order valence-corrected chi connectivity index (χ4v) is 3.08. The number of likely N-dealkylation sites (tertiary alicyclic amines) is 1. The van der Waals surface area contributed by atoms with Gasteiger partial charge < -0.3 is 5.32 Å². The second-order valence-corrected chi connectivity index (χ2v) is 5.17. The van der Waals surface area contributed by atoms with Crippen LogP contribution in [0.15, 0.2) is 5.38 Å². The highest BCUT2D eigenvalue weighted by molar-refractivity contribution is 7.03. The zero-order chi connectivity index (χ0) is 10.1. The van der Waals surface area contributed by atoms with Crippen LogP contribution in [0.5, 0.6) is 0 Å². The van der Waals surface area contributed by atoms with Gasteiger partial charge in [0.15, 0.2) is 0 Å². The van der Waals surface area contributed by atoms with Gasteiger partial charge in [0.2, 0.25) is 0 Å². The van der Waals surface area contributed by atoms with E-state index in [4.69, 9.17) is 0 Å². The van der Waals surface area contributed by atoms with E-state index in [0.29, 0.717) is 6.04 Å². The third-order valence-corrected chi connectivity index (χ3v) is 3.95. The summed E-state index contributed by atoms with van der Waals surface area (Å²) in [5, 5.41) is 9.85. The minimum atomic E-state index is 0. The first kappa shape index (κ1) is 12.2. The minimum Gasteiger partial charge on any atom is -0.310 e. The number of aromatic nitrogens is 2. The molecule has 1 aromatic rings. The first-order chi connectivity index (χ1) is 7.40. The van der Waals surface area contributed by atoms with Gasteiger partial charge in [0, 0.05) is 37.1 Å². The van der Waals surface area contributed by atoms with Crippen LogP contribution in [0, 0.1) is 0 Å². The van der Waals surface area contributed by atoms with Gasteiger partial charge in [-0.2, -0.15) is 0 Å². The van der Waals surface area contributed by atoms with E-state index in [2.05, 4.69) is 25.2 Å². The van der Waals surface area contributed by atoms with Gasteiger partial charge in [-0.15, -0.1) is 17.5 Å². The Kier molecular flexibility index (Phi) is 4.13. The Morgan fingerprint density at radius 3 is 3.06 bits per heavy atom. The Bertz CT molecular complexity index is 319. The van der Waals surface area contributed by atoms with Crippen LogP contribution in [-0.4, -0.2) is 39.7 Å². The molecule has 2 fully saturated rings. The average Bonchev–Trinajstić information content (AvgIpc) is 2.80. The second-order valence-electron chi connectivity index (χ2n) is 4.56. The maximum Gasteiger partial charge on any atom is 0.0895 e. The molecule has 16 heavy (non-hydrogen) atoms. The largest absolute Gasteiger partial charge is 0.310 e. The van der Waals surface area contributed by atoms with Crippen molar-refractivity contribution in [1.29, 1.82) is 0 Å². The molecule has 4 nitrogen and oxygen atoms in total. The lowest BCUT2D eigenvalue weighted by atomic mass is 10.1. The van der Waals surface area contributed by atoms with E-state index in [1.165, 1.54) is 43.9 Å². The van der Waals surface area contributed by atoms with Gasteiger partial charge in [0.25, 0.3) is 0 Å². The van der Waals surface area contributed by atoms with Gasteiger partial charge in [-0.05, 0) is 30.8 Å². The third-order valence-electron chi connectivity index (χ3n) is 3.40. The summed E-state index contributed by atoms with van der Waals surface area (Å²) in [6.07, 6.45) is 4.00. The first-order valence-electron chi connectivity index (χ1n) is 5.64. The normalized spacial score (nSPS) is 29.8. The Morgan fingerprint density at radius 1 is 1.38 bits per heavy atom. The van der Waals surface area contributed by atoms with E-state index in [1.54, 1.807) is 0 Å². The molecule has 2 saturated heterocycles. The highest BCUT2D eigenvalue weighted by atomic mass is 35.5. The summed E-state index contributed by atoms with van der Waals surface area (Å²) in [5.74, 6) is 0. The molecule has 90 valence electrons. The standard InChI is InChI=1S/C10H16N4S.ClH/c1-2-9-5-14(4-3-8(1)11-9)6-10-7-15-13-12-10;/h7-9,11H,1-6H2;1H. The maximum atomic E-state index is 4.11. The summed E-state index contributed by atoms with van der Waals surface area (Å²) in [5.41, 5.74) is 1.12. The summed E-state index contributed by atoms with van der Waals surface area (Å²) in [6, 6.07) is 1.48. The van der Waals surface area contributed by atoms with Crippen LogP contribution in [-0.2, 0) is 6.54 Å². The van der Waals surface area contributed by atoms with Crippen molar-refractivity contribution in [2.24, 2.45) is 0 Å². The van der Waals surface area contributed by atoms with Crippen molar-refractivity contribution in [3.63, 3.8) is 0 Å². The summed E-state index contributed by atoms with van der Waals surface area (Å²) >= 11 is 1.45. The molecule has 2 bridgehead atoms. The number of hydrogen-bond acceptors (Lipinski definition) is 5. The van der Waals surface area contributed by atoms with E-state index < -0.39 is 0 Å². The minimum absolute atomic E-state index is 0. The predicted molar refractivity (Wildman–Crippen MR) is 67.0 cm³/mol. The zero-order valence-corrected chi connectivity index (χ0v) is 10.8. The predicted octanol–water partition coefficient (Wildman–Crippen LogP) is 1.29. The number of nitrogens with one attached hydrogen (secondary N) is 1. The van der Waals surface area contributed by atoms with Gasteiger partial charge in [-0.3, -0.25) is 4.90 Å². The Labute approximate surface area is 106 Å².